The van der Waals surface area contributed by atoms with Gasteiger partial charge in [0.1, 0.15) is 0 Å². The SMILES string of the molecule is CC.Cc1ccc(-c2ccccc2/C(N)=N/N)cc1. The molecule has 0 spiro atoms. The number of amidine groups is 1. The molecule has 0 aliphatic heterocycles. The molecule has 2 aromatic rings. The summed E-state index contributed by atoms with van der Waals surface area (Å²) < 4.78 is 0. The van der Waals surface area contributed by atoms with E-state index in [9.17, 15) is 0 Å². The Labute approximate surface area is 114 Å². The minimum absolute atomic E-state index is 0.348. The molecule has 0 amide bonds. The molecular formula is C16H21N3. The molecule has 3 nitrogen and oxygen atoms in total. The van der Waals surface area contributed by atoms with Gasteiger partial charge in [0.25, 0.3) is 0 Å². The van der Waals surface area contributed by atoms with E-state index in [4.69, 9.17) is 11.6 Å². The molecule has 0 aromatic heterocycles. The number of rotatable bonds is 2. The lowest BCUT2D eigenvalue weighted by Crippen LogP contribution is -2.16. The number of benzene rings is 2. The summed E-state index contributed by atoms with van der Waals surface area (Å²) in [6, 6.07) is 16.1. The molecule has 0 aliphatic rings. The van der Waals surface area contributed by atoms with Gasteiger partial charge in [-0.1, -0.05) is 67.9 Å². The Bertz CT molecular complexity index is 542. The van der Waals surface area contributed by atoms with Crippen LogP contribution in [-0.4, -0.2) is 5.84 Å². The zero-order valence-corrected chi connectivity index (χ0v) is 11.7. The van der Waals surface area contributed by atoms with Crippen LogP contribution in [0.1, 0.15) is 25.0 Å². The summed E-state index contributed by atoms with van der Waals surface area (Å²) in [5, 5.41) is 3.56. The fourth-order valence-corrected chi connectivity index (χ4v) is 1.76. The molecule has 2 rings (SSSR count). The first-order valence-corrected chi connectivity index (χ1v) is 6.42. The average Bonchev–Trinajstić information content (AvgIpc) is 2.49. The topological polar surface area (TPSA) is 64.4 Å². The van der Waals surface area contributed by atoms with Crippen molar-refractivity contribution < 1.29 is 0 Å². The normalized spacial score (nSPS) is 10.6. The second-order valence-electron chi connectivity index (χ2n) is 3.93. The number of hydrazone groups is 1. The van der Waals surface area contributed by atoms with Crippen LogP contribution in [0.5, 0.6) is 0 Å². The van der Waals surface area contributed by atoms with Crippen molar-refractivity contribution in [3.63, 3.8) is 0 Å². The number of nitrogens with two attached hydrogens (primary N) is 2. The molecule has 0 saturated carbocycles. The number of nitrogens with zero attached hydrogens (tertiary/aromatic N) is 1. The van der Waals surface area contributed by atoms with Gasteiger partial charge in [0.15, 0.2) is 5.84 Å². The van der Waals surface area contributed by atoms with Gasteiger partial charge in [-0.05, 0) is 18.1 Å². The van der Waals surface area contributed by atoms with Crippen LogP contribution in [-0.2, 0) is 0 Å². The van der Waals surface area contributed by atoms with Gasteiger partial charge in [0.05, 0.1) is 0 Å². The third-order valence-corrected chi connectivity index (χ3v) is 2.70. The van der Waals surface area contributed by atoms with E-state index in [-0.39, 0.29) is 0 Å². The summed E-state index contributed by atoms with van der Waals surface area (Å²) in [4.78, 5) is 0. The Hall–Kier alpha value is -2.29. The Morgan fingerprint density at radius 2 is 1.53 bits per heavy atom. The van der Waals surface area contributed by atoms with Gasteiger partial charge in [-0.25, -0.2) is 0 Å². The van der Waals surface area contributed by atoms with Crippen molar-refractivity contribution in [3.8, 4) is 11.1 Å². The average molecular weight is 255 g/mol. The molecule has 4 N–H and O–H groups in total. The number of hydrogen-bond donors (Lipinski definition) is 2. The largest absolute Gasteiger partial charge is 0.382 e. The molecule has 0 atom stereocenters. The van der Waals surface area contributed by atoms with Crippen LogP contribution < -0.4 is 11.6 Å². The molecule has 0 heterocycles. The highest BCUT2D eigenvalue weighted by molar-refractivity contribution is 6.03. The molecule has 100 valence electrons. The first-order valence-electron chi connectivity index (χ1n) is 6.42. The Balaban J connectivity index is 0.000000861. The van der Waals surface area contributed by atoms with Crippen molar-refractivity contribution in [1.82, 2.24) is 0 Å². The highest BCUT2D eigenvalue weighted by Gasteiger charge is 2.07. The van der Waals surface area contributed by atoms with Crippen LogP contribution in [0.3, 0.4) is 0 Å². The van der Waals surface area contributed by atoms with Crippen molar-refractivity contribution in [3.05, 3.63) is 59.7 Å². The van der Waals surface area contributed by atoms with Gasteiger partial charge in [-0.3, -0.25) is 0 Å². The van der Waals surface area contributed by atoms with Gasteiger partial charge in [0.2, 0.25) is 0 Å². The monoisotopic (exact) mass is 255 g/mol. The zero-order chi connectivity index (χ0) is 14.3. The summed E-state index contributed by atoms with van der Waals surface area (Å²) in [5.74, 6) is 5.59. The molecular weight excluding hydrogens is 234 g/mol. The number of aryl methyl sites for hydroxylation is 1. The van der Waals surface area contributed by atoms with Crippen LogP contribution in [0, 0.1) is 6.92 Å². The summed E-state index contributed by atoms with van der Waals surface area (Å²) in [6.45, 7) is 6.06. The van der Waals surface area contributed by atoms with Crippen molar-refractivity contribution >= 4 is 5.84 Å². The first kappa shape index (κ1) is 14.8. The van der Waals surface area contributed by atoms with Crippen molar-refractivity contribution in [2.75, 3.05) is 0 Å². The molecule has 0 unspecified atom stereocenters. The predicted molar refractivity (Wildman–Crippen MR) is 82.9 cm³/mol. The summed E-state index contributed by atoms with van der Waals surface area (Å²) >= 11 is 0. The number of hydrogen-bond acceptors (Lipinski definition) is 2. The lowest BCUT2D eigenvalue weighted by molar-refractivity contribution is 1.23. The fourth-order valence-electron chi connectivity index (χ4n) is 1.76. The quantitative estimate of drug-likeness (QED) is 0.374. The lowest BCUT2D eigenvalue weighted by atomic mass is 9.98. The van der Waals surface area contributed by atoms with E-state index in [2.05, 4.69) is 36.3 Å². The standard InChI is InChI=1S/C14H15N3.C2H6/c1-10-6-8-11(9-7-10)12-4-2-3-5-13(12)14(15)17-16;1-2/h2-9H,16H2,1H3,(H2,15,17);1-2H3. The molecule has 19 heavy (non-hydrogen) atoms. The Kier molecular flexibility index (Phi) is 5.61. The van der Waals surface area contributed by atoms with Crippen LogP contribution in [0.15, 0.2) is 53.6 Å². The predicted octanol–water partition coefficient (Wildman–Crippen LogP) is 3.27. The van der Waals surface area contributed by atoms with Gasteiger partial charge in [0, 0.05) is 5.56 Å². The minimum atomic E-state index is 0.348. The summed E-state index contributed by atoms with van der Waals surface area (Å²) in [7, 11) is 0. The molecule has 0 bridgehead atoms. The smallest absolute Gasteiger partial charge is 0.150 e. The minimum Gasteiger partial charge on any atom is -0.382 e. The molecule has 3 heteroatoms. The highest BCUT2D eigenvalue weighted by atomic mass is 15.2. The van der Waals surface area contributed by atoms with E-state index in [0.717, 1.165) is 16.7 Å². The second kappa shape index (κ2) is 7.21. The molecule has 0 radical (unpaired) electrons. The molecule has 0 aliphatic carbocycles. The molecule has 0 fully saturated rings. The van der Waals surface area contributed by atoms with Crippen LogP contribution in [0.25, 0.3) is 11.1 Å². The lowest BCUT2D eigenvalue weighted by Gasteiger charge is -2.08. The Morgan fingerprint density at radius 1 is 0.947 bits per heavy atom. The molecule has 2 aromatic carbocycles. The van der Waals surface area contributed by atoms with E-state index in [1.807, 2.05) is 38.1 Å². The highest BCUT2D eigenvalue weighted by Crippen LogP contribution is 2.23. The van der Waals surface area contributed by atoms with E-state index in [1.165, 1.54) is 5.56 Å². The van der Waals surface area contributed by atoms with Gasteiger partial charge in [-0.15, -0.1) is 0 Å². The first-order chi connectivity index (χ1) is 9.22. The van der Waals surface area contributed by atoms with Crippen LogP contribution in [0.2, 0.25) is 0 Å². The zero-order valence-electron chi connectivity index (χ0n) is 11.7. The fraction of sp³-hybridized carbons (Fsp3) is 0.188. The van der Waals surface area contributed by atoms with Gasteiger partial charge < -0.3 is 11.6 Å². The third kappa shape index (κ3) is 3.58. The van der Waals surface area contributed by atoms with E-state index in [0.29, 0.717) is 5.84 Å². The van der Waals surface area contributed by atoms with E-state index >= 15 is 0 Å². The van der Waals surface area contributed by atoms with Crippen molar-refractivity contribution in [2.45, 2.75) is 20.8 Å². The van der Waals surface area contributed by atoms with Crippen LogP contribution >= 0.6 is 0 Å². The van der Waals surface area contributed by atoms with E-state index in [1.54, 1.807) is 0 Å². The maximum absolute atomic E-state index is 5.79. The summed E-state index contributed by atoms with van der Waals surface area (Å²) in [6.07, 6.45) is 0. The third-order valence-electron chi connectivity index (χ3n) is 2.70. The maximum Gasteiger partial charge on any atom is 0.150 e. The second-order valence-corrected chi connectivity index (χ2v) is 3.93. The van der Waals surface area contributed by atoms with Crippen molar-refractivity contribution in [2.24, 2.45) is 16.7 Å². The van der Waals surface area contributed by atoms with Crippen LogP contribution in [0.4, 0.5) is 0 Å². The van der Waals surface area contributed by atoms with Gasteiger partial charge in [-0.2, -0.15) is 5.10 Å². The maximum atomic E-state index is 5.79. The molecule has 0 saturated heterocycles. The van der Waals surface area contributed by atoms with E-state index < -0.39 is 0 Å². The van der Waals surface area contributed by atoms with Gasteiger partial charge >= 0.3 is 0 Å². The summed E-state index contributed by atoms with van der Waals surface area (Å²) in [5.41, 5.74) is 10.0. The Morgan fingerprint density at radius 3 is 2.11 bits per heavy atom. The van der Waals surface area contributed by atoms with Crippen molar-refractivity contribution in [1.29, 1.82) is 0 Å².